The molecule has 1 fully saturated rings. The average molecular weight is 225 g/mol. The lowest BCUT2D eigenvalue weighted by molar-refractivity contribution is 0.427. The molecular formula is C10H16BNO2S. The summed E-state index contributed by atoms with van der Waals surface area (Å²) in [7, 11) is -1.32. The molecule has 0 radical (unpaired) electrons. The lowest BCUT2D eigenvalue weighted by Crippen LogP contribution is -2.27. The molecule has 1 heterocycles. The van der Waals surface area contributed by atoms with Gasteiger partial charge in [-0.05, 0) is 18.9 Å². The molecule has 1 aliphatic carbocycles. The highest BCUT2D eigenvalue weighted by Gasteiger charge is 2.16. The summed E-state index contributed by atoms with van der Waals surface area (Å²) in [4.78, 5) is 1.17. The molecular weight excluding hydrogens is 209 g/mol. The van der Waals surface area contributed by atoms with Crippen molar-refractivity contribution in [3.63, 3.8) is 0 Å². The lowest BCUT2D eigenvalue weighted by Gasteiger charge is -2.09. The molecule has 2 rings (SSSR count). The summed E-state index contributed by atoms with van der Waals surface area (Å²) in [5.41, 5.74) is 0. The van der Waals surface area contributed by atoms with Crippen LogP contribution in [0.2, 0.25) is 0 Å². The van der Waals surface area contributed by atoms with Crippen molar-refractivity contribution in [1.82, 2.24) is 5.32 Å². The van der Waals surface area contributed by atoms with Gasteiger partial charge in [0.05, 0.1) is 0 Å². The third-order valence-electron chi connectivity index (χ3n) is 2.86. The summed E-state index contributed by atoms with van der Waals surface area (Å²) in [5, 5.41) is 21.4. The molecule has 15 heavy (non-hydrogen) atoms. The number of nitrogens with one attached hydrogen (secondary N) is 1. The molecule has 1 aromatic rings. The number of hydrogen-bond acceptors (Lipinski definition) is 4. The van der Waals surface area contributed by atoms with Crippen LogP contribution in [0.1, 0.15) is 30.6 Å². The first-order valence-corrected chi connectivity index (χ1v) is 6.25. The lowest BCUT2D eigenvalue weighted by atomic mass is 9.90. The second-order valence-electron chi connectivity index (χ2n) is 4.04. The van der Waals surface area contributed by atoms with Crippen LogP contribution in [0.25, 0.3) is 0 Å². The zero-order chi connectivity index (χ0) is 10.7. The molecule has 0 unspecified atom stereocenters. The van der Waals surface area contributed by atoms with Gasteiger partial charge in [0.1, 0.15) is 0 Å². The third kappa shape index (κ3) is 3.05. The minimum Gasteiger partial charge on any atom is -0.423 e. The Hall–Kier alpha value is -0.355. The Labute approximate surface area is 94.3 Å². The van der Waals surface area contributed by atoms with Gasteiger partial charge < -0.3 is 15.4 Å². The highest BCUT2D eigenvalue weighted by molar-refractivity contribution is 7.22. The molecule has 1 aliphatic rings. The van der Waals surface area contributed by atoms with Crippen molar-refractivity contribution < 1.29 is 10.0 Å². The van der Waals surface area contributed by atoms with Crippen molar-refractivity contribution in [1.29, 1.82) is 0 Å². The van der Waals surface area contributed by atoms with E-state index in [0.29, 0.717) is 10.8 Å². The fourth-order valence-electron chi connectivity index (χ4n) is 2.00. The van der Waals surface area contributed by atoms with E-state index in [-0.39, 0.29) is 0 Å². The van der Waals surface area contributed by atoms with Crippen LogP contribution < -0.4 is 10.1 Å². The van der Waals surface area contributed by atoms with Crippen LogP contribution in [0.3, 0.4) is 0 Å². The van der Waals surface area contributed by atoms with Crippen molar-refractivity contribution in [2.75, 3.05) is 0 Å². The van der Waals surface area contributed by atoms with E-state index >= 15 is 0 Å². The first-order chi connectivity index (χ1) is 7.25. The van der Waals surface area contributed by atoms with E-state index in [1.807, 2.05) is 6.07 Å². The van der Waals surface area contributed by atoms with Crippen LogP contribution in [0.15, 0.2) is 12.1 Å². The van der Waals surface area contributed by atoms with Gasteiger partial charge >= 0.3 is 7.12 Å². The van der Waals surface area contributed by atoms with Crippen molar-refractivity contribution >= 4 is 23.2 Å². The van der Waals surface area contributed by atoms with Crippen LogP contribution in [0, 0.1) is 0 Å². The summed E-state index contributed by atoms with van der Waals surface area (Å²) >= 11 is 1.46. The van der Waals surface area contributed by atoms with Crippen LogP contribution in [0.4, 0.5) is 0 Å². The molecule has 0 atom stereocenters. The number of hydrogen-bond donors (Lipinski definition) is 3. The minimum atomic E-state index is -1.32. The molecule has 0 spiro atoms. The summed E-state index contributed by atoms with van der Waals surface area (Å²) < 4.78 is 0.623. The highest BCUT2D eigenvalue weighted by atomic mass is 32.1. The van der Waals surface area contributed by atoms with Gasteiger partial charge in [-0.2, -0.15) is 0 Å². The number of rotatable bonds is 4. The van der Waals surface area contributed by atoms with E-state index in [4.69, 9.17) is 10.0 Å². The Bertz CT molecular complexity index is 310. The smallest absolute Gasteiger partial charge is 0.423 e. The minimum absolute atomic E-state index is 0.623. The quantitative estimate of drug-likeness (QED) is 0.652. The second-order valence-corrected chi connectivity index (χ2v) is 5.24. The molecule has 3 nitrogen and oxygen atoms in total. The Morgan fingerprint density at radius 2 is 2.07 bits per heavy atom. The van der Waals surface area contributed by atoms with Crippen molar-refractivity contribution in [2.24, 2.45) is 0 Å². The monoisotopic (exact) mass is 225 g/mol. The fourth-order valence-corrected chi connectivity index (χ4v) is 2.84. The number of thiophene rings is 1. The largest absolute Gasteiger partial charge is 0.499 e. The molecule has 5 heteroatoms. The zero-order valence-electron chi connectivity index (χ0n) is 8.65. The zero-order valence-corrected chi connectivity index (χ0v) is 9.46. The third-order valence-corrected chi connectivity index (χ3v) is 3.98. The molecule has 0 bridgehead atoms. The molecule has 1 aromatic heterocycles. The van der Waals surface area contributed by atoms with Gasteiger partial charge in [-0.3, -0.25) is 0 Å². The van der Waals surface area contributed by atoms with Crippen molar-refractivity contribution in [3.8, 4) is 0 Å². The molecule has 1 saturated carbocycles. The maximum absolute atomic E-state index is 8.96. The molecule has 0 aromatic carbocycles. The van der Waals surface area contributed by atoms with Crippen molar-refractivity contribution in [3.05, 3.63) is 17.0 Å². The summed E-state index contributed by atoms with van der Waals surface area (Å²) in [6.07, 6.45) is 5.23. The maximum Gasteiger partial charge on any atom is 0.499 e. The standard InChI is InChI=1S/C10H16BNO2S/c13-11(14)10-6-5-9(15-10)7-12-8-3-1-2-4-8/h5-6,8,12-14H,1-4,7H2. The van der Waals surface area contributed by atoms with E-state index in [2.05, 4.69) is 5.32 Å². The molecule has 3 N–H and O–H groups in total. The molecule has 0 saturated heterocycles. The fraction of sp³-hybridized carbons (Fsp3) is 0.600. The first-order valence-electron chi connectivity index (χ1n) is 5.44. The SMILES string of the molecule is OB(O)c1ccc(CNC2CCCC2)s1. The van der Waals surface area contributed by atoms with Gasteiger partial charge in [0, 0.05) is 22.2 Å². The summed E-state index contributed by atoms with van der Waals surface area (Å²) in [5.74, 6) is 0. The molecule has 82 valence electrons. The normalized spacial score (nSPS) is 17.2. The first kappa shape index (κ1) is 11.1. The Balaban J connectivity index is 1.82. The van der Waals surface area contributed by atoms with E-state index in [9.17, 15) is 0 Å². The molecule has 0 amide bonds. The van der Waals surface area contributed by atoms with Gasteiger partial charge in [-0.1, -0.05) is 18.9 Å². The topological polar surface area (TPSA) is 52.5 Å². The second kappa shape index (κ2) is 5.12. The van der Waals surface area contributed by atoms with E-state index in [0.717, 1.165) is 6.54 Å². The Morgan fingerprint density at radius 1 is 1.33 bits per heavy atom. The highest BCUT2D eigenvalue weighted by Crippen LogP contribution is 2.18. The van der Waals surface area contributed by atoms with Gasteiger partial charge in [0.15, 0.2) is 0 Å². The van der Waals surface area contributed by atoms with E-state index in [1.165, 1.54) is 41.9 Å². The maximum atomic E-state index is 8.96. The van der Waals surface area contributed by atoms with Gasteiger partial charge in [-0.25, -0.2) is 0 Å². The van der Waals surface area contributed by atoms with Gasteiger partial charge in [0.25, 0.3) is 0 Å². The predicted molar refractivity (Wildman–Crippen MR) is 63.2 cm³/mol. The predicted octanol–water partition coefficient (Wildman–Crippen LogP) is 0.460. The Morgan fingerprint density at radius 3 is 2.67 bits per heavy atom. The van der Waals surface area contributed by atoms with Gasteiger partial charge in [-0.15, -0.1) is 11.3 Å². The van der Waals surface area contributed by atoms with Gasteiger partial charge in [0.2, 0.25) is 0 Å². The van der Waals surface area contributed by atoms with Crippen molar-refractivity contribution in [2.45, 2.75) is 38.3 Å². The van der Waals surface area contributed by atoms with E-state index < -0.39 is 7.12 Å². The van der Waals surface area contributed by atoms with Crippen LogP contribution in [0.5, 0.6) is 0 Å². The average Bonchev–Trinajstić information content (AvgIpc) is 2.86. The Kier molecular flexibility index (Phi) is 3.80. The summed E-state index contributed by atoms with van der Waals surface area (Å²) in [6, 6.07) is 4.40. The van der Waals surface area contributed by atoms with Crippen LogP contribution >= 0.6 is 11.3 Å². The van der Waals surface area contributed by atoms with Crippen LogP contribution in [-0.4, -0.2) is 23.2 Å². The molecule has 0 aliphatic heterocycles. The van der Waals surface area contributed by atoms with Crippen LogP contribution in [-0.2, 0) is 6.54 Å². The van der Waals surface area contributed by atoms with E-state index in [1.54, 1.807) is 6.07 Å². The summed E-state index contributed by atoms with van der Waals surface area (Å²) in [6.45, 7) is 0.849.